The summed E-state index contributed by atoms with van der Waals surface area (Å²) in [7, 11) is 0. The predicted molar refractivity (Wildman–Crippen MR) is 100 cm³/mol. The highest BCUT2D eigenvalue weighted by molar-refractivity contribution is 6.22. The third-order valence-corrected chi connectivity index (χ3v) is 4.57. The van der Waals surface area contributed by atoms with Gasteiger partial charge >= 0.3 is 5.97 Å². The zero-order valence-electron chi connectivity index (χ0n) is 15.8. The lowest BCUT2D eigenvalue weighted by atomic mass is 10.1. The van der Waals surface area contributed by atoms with Gasteiger partial charge in [-0.25, -0.2) is 4.39 Å². The predicted octanol–water partition coefficient (Wildman–Crippen LogP) is 2.23. The Hall–Kier alpha value is -3.55. The topological polar surface area (TPSA) is 92.8 Å². The number of carbonyl (C=O) groups is 4. The van der Waals surface area contributed by atoms with Crippen LogP contribution in [0.25, 0.3) is 0 Å². The number of fused-ring (bicyclic) bond motifs is 1. The van der Waals surface area contributed by atoms with Crippen LogP contribution in [0.5, 0.6) is 0 Å². The van der Waals surface area contributed by atoms with Gasteiger partial charge in [0.2, 0.25) is 0 Å². The summed E-state index contributed by atoms with van der Waals surface area (Å²) in [6.45, 7) is 2.50. The number of esters is 1. The van der Waals surface area contributed by atoms with Crippen LogP contribution in [0.1, 0.15) is 46.2 Å². The third-order valence-electron chi connectivity index (χ3n) is 4.57. The molecule has 8 heteroatoms. The quantitative estimate of drug-likeness (QED) is 0.595. The van der Waals surface area contributed by atoms with Crippen molar-refractivity contribution in [2.24, 2.45) is 0 Å². The lowest BCUT2D eigenvalue weighted by Gasteiger charge is -2.19. The average molecular weight is 398 g/mol. The zero-order chi connectivity index (χ0) is 21.1. The van der Waals surface area contributed by atoms with Crippen LogP contribution >= 0.6 is 0 Å². The maximum atomic E-state index is 13.0. The Kier molecular flexibility index (Phi) is 5.72. The highest BCUT2D eigenvalue weighted by atomic mass is 19.1. The number of benzene rings is 2. The molecule has 0 saturated carbocycles. The first-order valence-corrected chi connectivity index (χ1v) is 8.98. The molecule has 2 atom stereocenters. The first kappa shape index (κ1) is 20.2. The van der Waals surface area contributed by atoms with Crippen LogP contribution in [0, 0.1) is 5.82 Å². The summed E-state index contributed by atoms with van der Waals surface area (Å²) in [5.74, 6) is -2.98. The van der Waals surface area contributed by atoms with Crippen LogP contribution in [0.3, 0.4) is 0 Å². The zero-order valence-corrected chi connectivity index (χ0v) is 15.8. The molecule has 1 aliphatic rings. The summed E-state index contributed by atoms with van der Waals surface area (Å²) in [5.41, 5.74) is 1.14. The molecule has 0 saturated heterocycles. The molecule has 0 radical (unpaired) electrons. The molecule has 0 aromatic heterocycles. The van der Waals surface area contributed by atoms with Gasteiger partial charge in [-0.1, -0.05) is 24.3 Å². The van der Waals surface area contributed by atoms with Gasteiger partial charge in [0.1, 0.15) is 12.4 Å². The summed E-state index contributed by atoms with van der Waals surface area (Å²) < 4.78 is 18.1. The van der Waals surface area contributed by atoms with E-state index in [1.54, 1.807) is 31.2 Å². The van der Waals surface area contributed by atoms with Gasteiger partial charge < -0.3 is 10.1 Å². The summed E-state index contributed by atoms with van der Waals surface area (Å²) in [5, 5.41) is 2.66. The van der Waals surface area contributed by atoms with Gasteiger partial charge in [0, 0.05) is 0 Å². The Morgan fingerprint density at radius 2 is 1.55 bits per heavy atom. The maximum Gasteiger partial charge on any atom is 0.326 e. The molecule has 0 fully saturated rings. The minimum atomic E-state index is -1.14. The first-order chi connectivity index (χ1) is 13.8. The number of halogens is 1. The number of amides is 3. The summed E-state index contributed by atoms with van der Waals surface area (Å²) in [6, 6.07) is 11.5. The summed E-state index contributed by atoms with van der Waals surface area (Å²) >= 11 is 0. The van der Waals surface area contributed by atoms with E-state index in [0.717, 1.165) is 4.90 Å². The Balaban J connectivity index is 1.55. The molecule has 1 aliphatic heterocycles. The first-order valence-electron chi connectivity index (χ1n) is 8.98. The second-order valence-corrected chi connectivity index (χ2v) is 6.66. The monoisotopic (exact) mass is 398 g/mol. The van der Waals surface area contributed by atoms with Gasteiger partial charge in [0.25, 0.3) is 17.7 Å². The van der Waals surface area contributed by atoms with Gasteiger partial charge in [0.15, 0.2) is 6.10 Å². The van der Waals surface area contributed by atoms with Crippen molar-refractivity contribution in [3.8, 4) is 0 Å². The van der Waals surface area contributed by atoms with Crippen molar-refractivity contribution in [2.75, 3.05) is 6.54 Å². The van der Waals surface area contributed by atoms with Gasteiger partial charge in [-0.05, 0) is 43.7 Å². The Bertz CT molecular complexity index is 938. The van der Waals surface area contributed by atoms with Crippen LogP contribution in [0.2, 0.25) is 0 Å². The number of rotatable bonds is 6. The molecular formula is C21H19FN2O5. The Labute approximate surface area is 166 Å². The van der Waals surface area contributed by atoms with Crippen molar-refractivity contribution in [1.29, 1.82) is 0 Å². The fraction of sp³-hybridized carbons (Fsp3) is 0.238. The standard InChI is InChI=1S/C21H19FN2O5/c1-12(14-7-9-15(22)10-8-14)23-19(26)13(2)29-18(25)11-24-20(27)16-5-3-4-6-17(16)21(24)28/h3-10,12-13H,11H2,1-2H3,(H,23,26)/t12-,13+/m1/s1. The van der Waals surface area contributed by atoms with Crippen LogP contribution in [0.15, 0.2) is 48.5 Å². The highest BCUT2D eigenvalue weighted by Crippen LogP contribution is 2.22. The van der Waals surface area contributed by atoms with E-state index >= 15 is 0 Å². The minimum Gasteiger partial charge on any atom is -0.451 e. The maximum absolute atomic E-state index is 13.0. The smallest absolute Gasteiger partial charge is 0.326 e. The van der Waals surface area contributed by atoms with Crippen molar-refractivity contribution in [3.63, 3.8) is 0 Å². The fourth-order valence-corrected chi connectivity index (χ4v) is 2.97. The van der Waals surface area contributed by atoms with E-state index < -0.39 is 42.4 Å². The number of carbonyl (C=O) groups excluding carboxylic acids is 4. The number of imide groups is 1. The largest absolute Gasteiger partial charge is 0.451 e. The fourth-order valence-electron chi connectivity index (χ4n) is 2.97. The number of nitrogens with zero attached hydrogens (tertiary/aromatic N) is 1. The average Bonchev–Trinajstić information content (AvgIpc) is 2.93. The lowest BCUT2D eigenvalue weighted by Crippen LogP contribution is -2.41. The molecule has 29 heavy (non-hydrogen) atoms. The number of hydrogen-bond donors (Lipinski definition) is 1. The van der Waals surface area contributed by atoms with E-state index in [1.807, 2.05) is 0 Å². The van der Waals surface area contributed by atoms with Crippen molar-refractivity contribution in [3.05, 3.63) is 71.0 Å². The summed E-state index contributed by atoms with van der Waals surface area (Å²) in [4.78, 5) is 49.8. The van der Waals surface area contributed by atoms with E-state index in [0.29, 0.717) is 5.56 Å². The number of ether oxygens (including phenoxy) is 1. The van der Waals surface area contributed by atoms with Gasteiger partial charge in [-0.2, -0.15) is 0 Å². The summed E-state index contributed by atoms with van der Waals surface area (Å²) in [6.07, 6.45) is -1.14. The molecule has 3 rings (SSSR count). The number of hydrogen-bond acceptors (Lipinski definition) is 5. The van der Waals surface area contributed by atoms with Crippen molar-refractivity contribution < 1.29 is 28.3 Å². The highest BCUT2D eigenvalue weighted by Gasteiger charge is 2.37. The molecule has 1 N–H and O–H groups in total. The molecular weight excluding hydrogens is 379 g/mol. The van der Waals surface area contributed by atoms with Crippen LogP contribution < -0.4 is 5.32 Å². The lowest BCUT2D eigenvalue weighted by molar-refractivity contribution is -0.155. The molecule has 0 aliphatic carbocycles. The van der Waals surface area contributed by atoms with Gasteiger partial charge in [-0.3, -0.25) is 24.1 Å². The second-order valence-electron chi connectivity index (χ2n) is 6.66. The second kappa shape index (κ2) is 8.22. The Morgan fingerprint density at radius 1 is 1.00 bits per heavy atom. The molecule has 7 nitrogen and oxygen atoms in total. The van der Waals surface area contributed by atoms with Crippen molar-refractivity contribution >= 4 is 23.7 Å². The minimum absolute atomic E-state index is 0.226. The normalized spacial score (nSPS) is 14.9. The molecule has 2 aromatic rings. The van der Waals surface area contributed by atoms with Crippen LogP contribution in [0.4, 0.5) is 4.39 Å². The van der Waals surface area contributed by atoms with E-state index in [1.165, 1.54) is 31.2 Å². The van der Waals surface area contributed by atoms with E-state index in [9.17, 15) is 23.6 Å². The van der Waals surface area contributed by atoms with E-state index in [4.69, 9.17) is 4.74 Å². The van der Waals surface area contributed by atoms with E-state index in [2.05, 4.69) is 5.32 Å². The van der Waals surface area contributed by atoms with Gasteiger partial charge in [-0.15, -0.1) is 0 Å². The van der Waals surface area contributed by atoms with Crippen molar-refractivity contribution in [1.82, 2.24) is 10.2 Å². The van der Waals surface area contributed by atoms with Crippen LogP contribution in [-0.4, -0.2) is 41.2 Å². The van der Waals surface area contributed by atoms with Crippen molar-refractivity contribution in [2.45, 2.75) is 26.0 Å². The molecule has 0 spiro atoms. The molecule has 150 valence electrons. The molecule has 0 unspecified atom stereocenters. The van der Waals surface area contributed by atoms with E-state index in [-0.39, 0.29) is 16.9 Å². The molecule has 1 heterocycles. The Morgan fingerprint density at radius 3 is 2.10 bits per heavy atom. The SMILES string of the molecule is C[C@H](OC(=O)CN1C(=O)c2ccccc2C1=O)C(=O)N[C@H](C)c1ccc(F)cc1. The third kappa shape index (κ3) is 4.31. The molecule has 3 amide bonds. The van der Waals surface area contributed by atoms with Gasteiger partial charge in [0.05, 0.1) is 17.2 Å². The molecule has 2 aromatic carbocycles. The van der Waals surface area contributed by atoms with Crippen LogP contribution in [-0.2, 0) is 14.3 Å². The number of nitrogens with one attached hydrogen (secondary N) is 1. The molecule has 0 bridgehead atoms.